The number of hydrogen-bond acceptors (Lipinski definition) is 7. The molecule has 0 atom stereocenters. The highest BCUT2D eigenvalue weighted by Gasteiger charge is 2.02. The molecule has 0 N–H and O–H groups in total. The van der Waals surface area contributed by atoms with Crippen molar-refractivity contribution in [3.63, 3.8) is 0 Å². The molecule has 0 fully saturated rings. The molecule has 0 spiro atoms. The van der Waals surface area contributed by atoms with Gasteiger partial charge in [-0.2, -0.15) is 0 Å². The highest BCUT2D eigenvalue weighted by atomic mass is 16.8. The summed E-state index contributed by atoms with van der Waals surface area (Å²) in [6.07, 6.45) is 2.03. The van der Waals surface area contributed by atoms with Gasteiger partial charge in [-0.3, -0.25) is 9.59 Å². The predicted molar refractivity (Wildman–Crippen MR) is 92.5 cm³/mol. The van der Waals surface area contributed by atoms with Gasteiger partial charge in [0.2, 0.25) is 6.79 Å². The third-order valence-electron chi connectivity index (χ3n) is 1.83. The number of carbonyl (C=O) groups is 3. The fourth-order valence-electron chi connectivity index (χ4n) is 0.890. The number of rotatable bonds is 6. The van der Waals surface area contributed by atoms with Gasteiger partial charge in [-0.15, -0.1) is 0 Å². The van der Waals surface area contributed by atoms with Crippen LogP contribution >= 0.6 is 0 Å². The van der Waals surface area contributed by atoms with Crippen molar-refractivity contribution in [2.24, 2.45) is 0 Å². The minimum atomic E-state index is -0.892. The topological polar surface area (TPSA) is 88.1 Å². The number of hydrogen-bond donors (Lipinski definition) is 0. The van der Waals surface area contributed by atoms with E-state index in [0.717, 1.165) is 0 Å². The predicted octanol–water partition coefficient (Wildman–Crippen LogP) is 3.27. The minimum absolute atomic E-state index is 0.0684. The van der Waals surface area contributed by atoms with E-state index in [2.05, 4.69) is 32.1 Å². The van der Waals surface area contributed by atoms with Crippen molar-refractivity contribution in [3.8, 4) is 0 Å². The fraction of sp³-hybridized carbons (Fsp3) is 0.278. The summed E-state index contributed by atoms with van der Waals surface area (Å²) in [5, 5.41) is 0. The molecule has 1 aromatic rings. The number of benzene rings is 1. The lowest BCUT2D eigenvalue weighted by molar-refractivity contribution is -0.150. The fourth-order valence-corrected chi connectivity index (χ4v) is 0.890. The molecule has 1 aromatic carbocycles. The largest absolute Gasteiger partial charge is 0.511 e. The monoisotopic (exact) mass is 352 g/mol. The third-order valence-corrected chi connectivity index (χ3v) is 1.83. The molecule has 138 valence electrons. The summed E-state index contributed by atoms with van der Waals surface area (Å²) in [4.78, 5) is 30.6. The third kappa shape index (κ3) is 26.1. The van der Waals surface area contributed by atoms with Gasteiger partial charge < -0.3 is 18.9 Å². The first-order chi connectivity index (χ1) is 11.9. The van der Waals surface area contributed by atoms with Gasteiger partial charge in [-0.05, 0) is 0 Å². The van der Waals surface area contributed by atoms with Crippen LogP contribution in [-0.2, 0) is 28.5 Å². The maximum absolute atomic E-state index is 10.5. The highest BCUT2D eigenvalue weighted by molar-refractivity contribution is 5.66. The van der Waals surface area contributed by atoms with Crippen LogP contribution in [0.15, 0.2) is 61.7 Å². The molecule has 7 heteroatoms. The Kier molecular flexibility index (Phi) is 18.3. The summed E-state index contributed by atoms with van der Waals surface area (Å²) < 4.78 is 17.4. The molecule has 0 saturated carbocycles. The van der Waals surface area contributed by atoms with Crippen LogP contribution in [0, 0.1) is 0 Å². The quantitative estimate of drug-likeness (QED) is 0.336. The molecule has 0 unspecified atom stereocenters. The Labute approximate surface area is 147 Å². The van der Waals surface area contributed by atoms with Gasteiger partial charge in [0, 0.05) is 13.8 Å². The first-order valence-corrected chi connectivity index (χ1v) is 7.22. The van der Waals surface area contributed by atoms with Crippen LogP contribution in [0.4, 0.5) is 4.79 Å². The Morgan fingerprint density at radius 3 is 1.44 bits per heavy atom. The lowest BCUT2D eigenvalue weighted by atomic mass is 10.4. The van der Waals surface area contributed by atoms with E-state index in [9.17, 15) is 14.4 Å². The number of carbonyl (C=O) groups excluding carboxylic acids is 3. The van der Waals surface area contributed by atoms with Crippen molar-refractivity contribution in [2.75, 3.05) is 20.0 Å². The van der Waals surface area contributed by atoms with E-state index in [1.165, 1.54) is 26.0 Å². The first-order valence-electron chi connectivity index (χ1n) is 7.22. The molecule has 0 aliphatic carbocycles. The summed E-state index contributed by atoms with van der Waals surface area (Å²) in [6.45, 7) is 9.21. The smallest absolute Gasteiger partial charge is 0.462 e. The molecule has 0 heterocycles. The van der Waals surface area contributed by atoms with E-state index >= 15 is 0 Å². The van der Waals surface area contributed by atoms with Gasteiger partial charge in [0.25, 0.3) is 0 Å². The van der Waals surface area contributed by atoms with Crippen LogP contribution in [0.5, 0.6) is 0 Å². The van der Waals surface area contributed by atoms with Gasteiger partial charge >= 0.3 is 18.1 Å². The van der Waals surface area contributed by atoms with Gasteiger partial charge in [-0.25, -0.2) is 4.79 Å². The van der Waals surface area contributed by atoms with Gasteiger partial charge in [0.05, 0.1) is 0 Å². The Hall–Kier alpha value is -3.09. The zero-order valence-electron chi connectivity index (χ0n) is 14.5. The van der Waals surface area contributed by atoms with Crippen LogP contribution < -0.4 is 0 Å². The molecule has 0 aliphatic rings. The standard InChI is InChI=1S/C7H10O5.C6H6.C5H8O2/c1-3-4-10-7(9)12-5-11-6(2)8;1-2-4-6-5-3-1;1-3-4-7-5(2)6/h3H,1,4-5H2,2H3;1-6H;3H,1,4H2,2H3. The Morgan fingerprint density at radius 1 is 0.720 bits per heavy atom. The van der Waals surface area contributed by atoms with Crippen LogP contribution in [0.2, 0.25) is 0 Å². The van der Waals surface area contributed by atoms with Crippen molar-refractivity contribution in [1.29, 1.82) is 0 Å². The van der Waals surface area contributed by atoms with Crippen LogP contribution in [-0.4, -0.2) is 38.1 Å². The van der Waals surface area contributed by atoms with Crippen molar-refractivity contribution < 1.29 is 33.3 Å². The van der Waals surface area contributed by atoms with E-state index < -0.39 is 18.9 Å². The van der Waals surface area contributed by atoms with Gasteiger partial charge in [0.15, 0.2) is 0 Å². The van der Waals surface area contributed by atoms with Crippen LogP contribution in [0.25, 0.3) is 0 Å². The van der Waals surface area contributed by atoms with Crippen molar-refractivity contribution in [2.45, 2.75) is 13.8 Å². The average Bonchev–Trinajstić information content (AvgIpc) is 2.60. The highest BCUT2D eigenvalue weighted by Crippen LogP contribution is 1.86. The second-order valence-corrected chi connectivity index (χ2v) is 3.99. The summed E-state index contributed by atoms with van der Waals surface area (Å²) >= 11 is 0. The maximum atomic E-state index is 10.5. The van der Waals surface area contributed by atoms with Crippen molar-refractivity contribution in [3.05, 3.63) is 61.7 Å². The van der Waals surface area contributed by atoms with Crippen molar-refractivity contribution >= 4 is 18.1 Å². The molecular formula is C18H24O7. The molecule has 0 radical (unpaired) electrons. The maximum Gasteiger partial charge on any atom is 0.511 e. The molecule has 0 amide bonds. The number of esters is 2. The Morgan fingerprint density at radius 2 is 1.12 bits per heavy atom. The summed E-state index contributed by atoms with van der Waals surface area (Å²) in [6, 6.07) is 12.0. The first kappa shape index (κ1) is 24.2. The zero-order valence-corrected chi connectivity index (χ0v) is 14.5. The normalized spacial score (nSPS) is 8.08. The SMILES string of the molecule is C=CCOC(=O)OCOC(C)=O.C=CCOC(C)=O.c1ccccc1. The lowest BCUT2D eigenvalue weighted by Gasteiger charge is -2.03. The molecule has 1 rings (SSSR count). The zero-order chi connectivity index (χ0) is 19.3. The molecule has 0 aromatic heterocycles. The van der Waals surface area contributed by atoms with E-state index in [0.29, 0.717) is 6.61 Å². The summed E-state index contributed by atoms with van der Waals surface area (Å²) in [5.41, 5.74) is 0. The second kappa shape index (κ2) is 19.0. The molecular weight excluding hydrogens is 328 g/mol. The van der Waals surface area contributed by atoms with Gasteiger partial charge in [-0.1, -0.05) is 61.7 Å². The summed E-state index contributed by atoms with van der Waals surface area (Å²) in [5.74, 6) is -0.786. The molecule has 7 nitrogen and oxygen atoms in total. The lowest BCUT2D eigenvalue weighted by Crippen LogP contribution is -2.12. The molecule has 0 saturated heterocycles. The van der Waals surface area contributed by atoms with E-state index in [4.69, 9.17) is 0 Å². The van der Waals surface area contributed by atoms with E-state index in [-0.39, 0.29) is 12.6 Å². The van der Waals surface area contributed by atoms with Crippen LogP contribution in [0.1, 0.15) is 13.8 Å². The van der Waals surface area contributed by atoms with E-state index in [1.54, 1.807) is 0 Å². The molecule has 0 aliphatic heterocycles. The number of ether oxygens (including phenoxy) is 4. The summed E-state index contributed by atoms with van der Waals surface area (Å²) in [7, 11) is 0. The second-order valence-electron chi connectivity index (χ2n) is 3.99. The average molecular weight is 352 g/mol. The molecule has 25 heavy (non-hydrogen) atoms. The minimum Gasteiger partial charge on any atom is -0.462 e. The van der Waals surface area contributed by atoms with E-state index in [1.807, 2.05) is 36.4 Å². The molecule has 0 bridgehead atoms. The Balaban J connectivity index is 0. The Bertz CT molecular complexity index is 471. The van der Waals surface area contributed by atoms with Crippen molar-refractivity contribution in [1.82, 2.24) is 0 Å². The van der Waals surface area contributed by atoms with Gasteiger partial charge in [0.1, 0.15) is 13.2 Å². The van der Waals surface area contributed by atoms with Crippen LogP contribution in [0.3, 0.4) is 0 Å².